The summed E-state index contributed by atoms with van der Waals surface area (Å²) in [5.41, 5.74) is 0. The number of hydrogen-bond acceptors (Lipinski definition) is 3. The molecule has 0 saturated heterocycles. The van der Waals surface area contributed by atoms with Gasteiger partial charge in [0, 0.05) is 6.04 Å². The van der Waals surface area contributed by atoms with Gasteiger partial charge in [-0.25, -0.2) is 12.8 Å². The van der Waals surface area contributed by atoms with Crippen molar-refractivity contribution in [1.82, 2.24) is 10.0 Å². The van der Waals surface area contributed by atoms with E-state index in [0.717, 1.165) is 31.7 Å². The van der Waals surface area contributed by atoms with Crippen LogP contribution in [0.2, 0.25) is 0 Å². The van der Waals surface area contributed by atoms with Crippen molar-refractivity contribution in [3.8, 4) is 0 Å². The molecule has 24 heavy (non-hydrogen) atoms. The van der Waals surface area contributed by atoms with Gasteiger partial charge in [0.2, 0.25) is 15.9 Å². The lowest BCUT2D eigenvalue weighted by atomic mass is 9.94. The van der Waals surface area contributed by atoms with Gasteiger partial charge in [-0.1, -0.05) is 45.2 Å². The SMILES string of the molecule is CC(C)[C@H](NS(=O)(=O)c1ccccc1F)C(=O)NC1CCCCC1. The quantitative estimate of drug-likeness (QED) is 0.823. The fourth-order valence-electron chi connectivity index (χ4n) is 2.92. The molecule has 1 aliphatic carbocycles. The third kappa shape index (κ3) is 4.77. The van der Waals surface area contributed by atoms with E-state index >= 15 is 0 Å². The number of carbonyl (C=O) groups excluding carboxylic acids is 1. The van der Waals surface area contributed by atoms with Crippen LogP contribution in [0, 0.1) is 11.7 Å². The summed E-state index contributed by atoms with van der Waals surface area (Å²) >= 11 is 0. The first-order chi connectivity index (χ1) is 11.3. The number of sulfonamides is 1. The van der Waals surface area contributed by atoms with Gasteiger partial charge in [0.1, 0.15) is 16.8 Å². The molecule has 0 bridgehead atoms. The summed E-state index contributed by atoms with van der Waals surface area (Å²) in [4.78, 5) is 12.1. The standard InChI is InChI=1S/C17H25FN2O3S/c1-12(2)16(17(21)19-13-8-4-3-5-9-13)20-24(22,23)15-11-7-6-10-14(15)18/h6-7,10-13,16,20H,3-5,8-9H2,1-2H3,(H,19,21)/t16-/m0/s1. The van der Waals surface area contributed by atoms with Crippen LogP contribution < -0.4 is 10.0 Å². The molecule has 1 saturated carbocycles. The second-order valence-corrected chi connectivity index (χ2v) is 8.30. The van der Waals surface area contributed by atoms with Gasteiger partial charge in [0.15, 0.2) is 0 Å². The van der Waals surface area contributed by atoms with Gasteiger partial charge in [-0.2, -0.15) is 4.72 Å². The van der Waals surface area contributed by atoms with Crippen LogP contribution in [-0.2, 0) is 14.8 Å². The molecule has 1 aromatic rings. The Labute approximate surface area is 143 Å². The van der Waals surface area contributed by atoms with Crippen LogP contribution in [0.1, 0.15) is 46.0 Å². The van der Waals surface area contributed by atoms with E-state index in [1.54, 1.807) is 13.8 Å². The molecule has 5 nitrogen and oxygen atoms in total. The van der Waals surface area contributed by atoms with E-state index in [9.17, 15) is 17.6 Å². The molecule has 0 aliphatic heterocycles. The minimum absolute atomic E-state index is 0.0884. The van der Waals surface area contributed by atoms with Crippen LogP contribution in [0.25, 0.3) is 0 Å². The maximum Gasteiger partial charge on any atom is 0.244 e. The minimum atomic E-state index is -4.11. The second kappa shape index (κ2) is 8.07. The van der Waals surface area contributed by atoms with E-state index in [0.29, 0.717) is 0 Å². The highest BCUT2D eigenvalue weighted by Gasteiger charge is 2.31. The normalized spacial score (nSPS) is 17.7. The Balaban J connectivity index is 2.12. The van der Waals surface area contributed by atoms with Gasteiger partial charge >= 0.3 is 0 Å². The van der Waals surface area contributed by atoms with Crippen molar-refractivity contribution in [2.24, 2.45) is 5.92 Å². The third-order valence-corrected chi connectivity index (χ3v) is 5.78. The van der Waals surface area contributed by atoms with Gasteiger partial charge in [0.05, 0.1) is 0 Å². The van der Waals surface area contributed by atoms with Crippen molar-refractivity contribution in [2.45, 2.75) is 62.9 Å². The monoisotopic (exact) mass is 356 g/mol. The van der Waals surface area contributed by atoms with Gasteiger partial charge in [-0.3, -0.25) is 4.79 Å². The zero-order valence-electron chi connectivity index (χ0n) is 14.1. The number of amides is 1. The van der Waals surface area contributed by atoms with Crippen molar-refractivity contribution in [3.63, 3.8) is 0 Å². The fourth-order valence-corrected chi connectivity index (χ4v) is 4.35. The molecular formula is C17H25FN2O3S. The largest absolute Gasteiger partial charge is 0.352 e. The van der Waals surface area contributed by atoms with Crippen molar-refractivity contribution in [3.05, 3.63) is 30.1 Å². The van der Waals surface area contributed by atoms with Crippen LogP contribution in [0.5, 0.6) is 0 Å². The zero-order chi connectivity index (χ0) is 17.7. The maximum absolute atomic E-state index is 13.8. The summed E-state index contributed by atoms with van der Waals surface area (Å²) in [6, 6.07) is 4.30. The third-order valence-electron chi connectivity index (χ3n) is 4.31. The molecule has 0 radical (unpaired) electrons. The van der Waals surface area contributed by atoms with Crippen LogP contribution in [0.4, 0.5) is 4.39 Å². The first-order valence-electron chi connectivity index (χ1n) is 8.38. The zero-order valence-corrected chi connectivity index (χ0v) is 14.9. The van der Waals surface area contributed by atoms with E-state index in [4.69, 9.17) is 0 Å². The van der Waals surface area contributed by atoms with Crippen LogP contribution in [0.15, 0.2) is 29.2 Å². The summed E-state index contributed by atoms with van der Waals surface area (Å²) in [7, 11) is -4.11. The molecule has 1 aliphatic rings. The minimum Gasteiger partial charge on any atom is -0.352 e. The molecule has 0 spiro atoms. The topological polar surface area (TPSA) is 75.3 Å². The number of rotatable bonds is 6. The first-order valence-corrected chi connectivity index (χ1v) is 9.87. The highest BCUT2D eigenvalue weighted by Crippen LogP contribution is 2.19. The van der Waals surface area contributed by atoms with Crippen molar-refractivity contribution in [1.29, 1.82) is 0 Å². The second-order valence-electron chi connectivity index (χ2n) is 6.62. The Hall–Kier alpha value is -1.47. The Bertz CT molecular complexity index is 670. The summed E-state index contributed by atoms with van der Waals surface area (Å²) in [6.07, 6.45) is 5.13. The number of benzene rings is 1. The van der Waals surface area contributed by atoms with E-state index in [1.165, 1.54) is 24.6 Å². The lowest BCUT2D eigenvalue weighted by molar-refractivity contribution is -0.124. The molecular weight excluding hydrogens is 331 g/mol. The van der Waals surface area contributed by atoms with E-state index in [1.807, 2.05) is 0 Å². The molecule has 134 valence electrons. The molecule has 0 unspecified atom stereocenters. The molecule has 1 amide bonds. The molecule has 0 heterocycles. The number of carbonyl (C=O) groups is 1. The maximum atomic E-state index is 13.8. The fraction of sp³-hybridized carbons (Fsp3) is 0.588. The van der Waals surface area contributed by atoms with Crippen molar-refractivity contribution in [2.75, 3.05) is 0 Å². The van der Waals surface area contributed by atoms with Gasteiger partial charge in [0.25, 0.3) is 0 Å². The highest BCUT2D eigenvalue weighted by molar-refractivity contribution is 7.89. The predicted octanol–water partition coefficient (Wildman–Crippen LogP) is 2.58. The molecule has 2 rings (SSSR count). The predicted molar refractivity (Wildman–Crippen MR) is 90.4 cm³/mol. The van der Waals surface area contributed by atoms with Crippen LogP contribution in [0.3, 0.4) is 0 Å². The molecule has 1 atom stereocenters. The van der Waals surface area contributed by atoms with E-state index in [-0.39, 0.29) is 17.9 Å². The summed E-state index contributed by atoms with van der Waals surface area (Å²) in [5.74, 6) is -1.44. The number of hydrogen-bond donors (Lipinski definition) is 2. The molecule has 1 fully saturated rings. The summed E-state index contributed by atoms with van der Waals surface area (Å²) in [5, 5.41) is 2.93. The van der Waals surface area contributed by atoms with Gasteiger partial charge < -0.3 is 5.32 Å². The first kappa shape index (κ1) is 18.9. The Kier molecular flexibility index (Phi) is 6.34. The van der Waals surface area contributed by atoms with Crippen LogP contribution in [-0.4, -0.2) is 26.4 Å². The average molecular weight is 356 g/mol. The number of nitrogens with one attached hydrogen (secondary N) is 2. The molecule has 2 N–H and O–H groups in total. The smallest absolute Gasteiger partial charge is 0.244 e. The Morgan fingerprint density at radius 2 is 1.79 bits per heavy atom. The number of halogens is 1. The van der Waals surface area contributed by atoms with E-state index in [2.05, 4.69) is 10.0 Å². The summed E-state index contributed by atoms with van der Waals surface area (Å²) in [6.45, 7) is 3.52. The molecule has 7 heteroatoms. The van der Waals surface area contributed by atoms with Crippen molar-refractivity contribution < 1.29 is 17.6 Å². The highest BCUT2D eigenvalue weighted by atomic mass is 32.2. The van der Waals surface area contributed by atoms with E-state index < -0.39 is 26.8 Å². The van der Waals surface area contributed by atoms with Gasteiger partial charge in [-0.05, 0) is 30.9 Å². The van der Waals surface area contributed by atoms with Crippen molar-refractivity contribution >= 4 is 15.9 Å². The van der Waals surface area contributed by atoms with Crippen LogP contribution >= 0.6 is 0 Å². The molecule has 0 aromatic heterocycles. The molecule has 1 aromatic carbocycles. The Morgan fingerprint density at radius 3 is 2.38 bits per heavy atom. The average Bonchev–Trinajstić information content (AvgIpc) is 2.53. The lowest BCUT2D eigenvalue weighted by Gasteiger charge is -2.27. The Morgan fingerprint density at radius 1 is 1.17 bits per heavy atom. The lowest BCUT2D eigenvalue weighted by Crippen LogP contribution is -2.52. The summed E-state index contributed by atoms with van der Waals surface area (Å²) < 4.78 is 41.0. The van der Waals surface area contributed by atoms with Gasteiger partial charge in [-0.15, -0.1) is 0 Å².